The van der Waals surface area contributed by atoms with Gasteiger partial charge in [0.2, 0.25) is 11.8 Å². The SMILES string of the molecule is Cn1cc(F)nc1C(=O)O. The predicted octanol–water partition coefficient (Wildman–Crippen LogP) is 0.257. The molecule has 0 spiro atoms. The Balaban J connectivity index is 3.15. The van der Waals surface area contributed by atoms with Crippen LogP contribution in [-0.4, -0.2) is 20.6 Å². The van der Waals surface area contributed by atoms with E-state index in [1.54, 1.807) is 0 Å². The molecule has 1 aromatic heterocycles. The zero-order valence-electron chi connectivity index (χ0n) is 5.21. The van der Waals surface area contributed by atoms with Gasteiger partial charge in [0.15, 0.2) is 0 Å². The minimum atomic E-state index is -1.23. The minimum absolute atomic E-state index is 0.294. The number of imidazole rings is 1. The molecule has 4 nitrogen and oxygen atoms in total. The summed E-state index contributed by atoms with van der Waals surface area (Å²) in [6, 6.07) is 0. The van der Waals surface area contributed by atoms with Gasteiger partial charge in [0.1, 0.15) is 0 Å². The van der Waals surface area contributed by atoms with E-state index in [0.29, 0.717) is 0 Å². The Kier molecular flexibility index (Phi) is 1.41. The van der Waals surface area contributed by atoms with Crippen LogP contribution in [0.4, 0.5) is 4.39 Å². The predicted molar refractivity (Wildman–Crippen MR) is 30.1 cm³/mol. The highest BCUT2D eigenvalue weighted by Gasteiger charge is 2.10. The summed E-state index contributed by atoms with van der Waals surface area (Å²) < 4.78 is 13.3. The van der Waals surface area contributed by atoms with Crippen molar-refractivity contribution >= 4 is 5.97 Å². The van der Waals surface area contributed by atoms with Crippen LogP contribution >= 0.6 is 0 Å². The second-order valence-corrected chi connectivity index (χ2v) is 1.80. The van der Waals surface area contributed by atoms with E-state index in [-0.39, 0.29) is 5.82 Å². The number of aryl methyl sites for hydroxylation is 1. The van der Waals surface area contributed by atoms with Crippen LogP contribution < -0.4 is 0 Å². The van der Waals surface area contributed by atoms with E-state index in [2.05, 4.69) is 4.98 Å². The molecule has 10 heavy (non-hydrogen) atoms. The van der Waals surface area contributed by atoms with E-state index < -0.39 is 11.9 Å². The fraction of sp³-hybridized carbons (Fsp3) is 0.200. The topological polar surface area (TPSA) is 55.1 Å². The van der Waals surface area contributed by atoms with Crippen LogP contribution in [0.2, 0.25) is 0 Å². The van der Waals surface area contributed by atoms with Crippen LogP contribution in [0.25, 0.3) is 0 Å². The zero-order valence-corrected chi connectivity index (χ0v) is 5.21. The second kappa shape index (κ2) is 2.09. The van der Waals surface area contributed by atoms with Crippen LogP contribution in [0, 0.1) is 5.95 Å². The van der Waals surface area contributed by atoms with Crippen molar-refractivity contribution in [3.05, 3.63) is 18.0 Å². The highest BCUT2D eigenvalue weighted by molar-refractivity contribution is 5.83. The minimum Gasteiger partial charge on any atom is -0.475 e. The molecule has 0 aliphatic heterocycles. The Bertz CT molecular complexity index is 269. The lowest BCUT2D eigenvalue weighted by Crippen LogP contribution is -2.04. The lowest BCUT2D eigenvalue weighted by molar-refractivity contribution is 0.0679. The third kappa shape index (κ3) is 0.975. The van der Waals surface area contributed by atoms with E-state index in [1.807, 2.05) is 0 Å². The first-order chi connectivity index (χ1) is 4.61. The third-order valence-corrected chi connectivity index (χ3v) is 1.04. The molecule has 1 heterocycles. The van der Waals surface area contributed by atoms with Crippen molar-refractivity contribution in [3.8, 4) is 0 Å². The normalized spacial score (nSPS) is 9.80. The van der Waals surface area contributed by atoms with Gasteiger partial charge in [-0.25, -0.2) is 4.79 Å². The van der Waals surface area contributed by atoms with Gasteiger partial charge in [-0.2, -0.15) is 9.37 Å². The Hall–Kier alpha value is -1.39. The Labute approximate surface area is 55.9 Å². The number of carboxylic acid groups (broad SMARTS) is 1. The summed E-state index contributed by atoms with van der Waals surface area (Å²) in [6.07, 6.45) is 1.00. The van der Waals surface area contributed by atoms with Crippen molar-refractivity contribution in [1.82, 2.24) is 9.55 Å². The summed E-state index contributed by atoms with van der Waals surface area (Å²) in [5.41, 5.74) is 0. The molecule has 0 aromatic carbocycles. The van der Waals surface area contributed by atoms with Crippen molar-refractivity contribution < 1.29 is 14.3 Å². The maximum Gasteiger partial charge on any atom is 0.372 e. The Morgan fingerprint density at radius 3 is 2.70 bits per heavy atom. The van der Waals surface area contributed by atoms with Crippen LogP contribution in [0.3, 0.4) is 0 Å². The molecule has 0 atom stereocenters. The van der Waals surface area contributed by atoms with E-state index in [4.69, 9.17) is 5.11 Å². The van der Waals surface area contributed by atoms with Crippen molar-refractivity contribution in [2.45, 2.75) is 0 Å². The first-order valence-corrected chi connectivity index (χ1v) is 2.53. The van der Waals surface area contributed by atoms with Gasteiger partial charge in [-0.3, -0.25) is 0 Å². The van der Waals surface area contributed by atoms with Crippen molar-refractivity contribution in [1.29, 1.82) is 0 Å². The number of nitrogens with zero attached hydrogens (tertiary/aromatic N) is 2. The molecule has 0 aliphatic rings. The zero-order chi connectivity index (χ0) is 7.72. The van der Waals surface area contributed by atoms with Gasteiger partial charge in [0.05, 0.1) is 6.20 Å². The quantitative estimate of drug-likeness (QED) is 0.615. The number of rotatable bonds is 1. The number of hydrogen-bond donors (Lipinski definition) is 1. The first-order valence-electron chi connectivity index (χ1n) is 2.53. The summed E-state index contributed by atoms with van der Waals surface area (Å²) in [4.78, 5) is 13.3. The molecule has 0 fully saturated rings. The molecule has 0 saturated carbocycles. The second-order valence-electron chi connectivity index (χ2n) is 1.80. The maximum absolute atomic E-state index is 12.2. The monoisotopic (exact) mass is 144 g/mol. The molecule has 5 heteroatoms. The number of carbonyl (C=O) groups is 1. The molecule has 0 unspecified atom stereocenters. The standard InChI is InChI=1S/C5H5FN2O2/c1-8-2-3(6)7-4(8)5(9)10/h2H,1H3,(H,9,10). The van der Waals surface area contributed by atoms with Gasteiger partial charge < -0.3 is 9.67 Å². The van der Waals surface area contributed by atoms with Crippen molar-refractivity contribution in [2.75, 3.05) is 0 Å². The molecule has 0 aliphatic carbocycles. The molecule has 1 aromatic rings. The summed E-state index contributed by atoms with van der Waals surface area (Å²) >= 11 is 0. The molecule has 1 rings (SSSR count). The summed E-state index contributed by atoms with van der Waals surface area (Å²) in [5, 5.41) is 8.33. The number of aromatic nitrogens is 2. The van der Waals surface area contributed by atoms with Gasteiger partial charge in [-0.15, -0.1) is 0 Å². The van der Waals surface area contributed by atoms with E-state index in [0.717, 1.165) is 10.8 Å². The summed E-state index contributed by atoms with van der Waals surface area (Å²) in [7, 11) is 1.42. The molecular formula is C5H5FN2O2. The van der Waals surface area contributed by atoms with Crippen LogP contribution in [0.1, 0.15) is 10.6 Å². The average Bonchev–Trinajstić information content (AvgIpc) is 2.10. The van der Waals surface area contributed by atoms with Crippen molar-refractivity contribution in [3.63, 3.8) is 0 Å². The van der Waals surface area contributed by atoms with E-state index >= 15 is 0 Å². The Morgan fingerprint density at radius 2 is 2.50 bits per heavy atom. The van der Waals surface area contributed by atoms with Gasteiger partial charge in [0.25, 0.3) is 0 Å². The highest BCUT2D eigenvalue weighted by atomic mass is 19.1. The smallest absolute Gasteiger partial charge is 0.372 e. The highest BCUT2D eigenvalue weighted by Crippen LogP contribution is 1.97. The van der Waals surface area contributed by atoms with Gasteiger partial charge in [-0.1, -0.05) is 0 Å². The molecule has 0 saturated heterocycles. The van der Waals surface area contributed by atoms with E-state index in [9.17, 15) is 9.18 Å². The fourth-order valence-corrected chi connectivity index (χ4v) is 0.629. The van der Waals surface area contributed by atoms with Gasteiger partial charge in [0, 0.05) is 7.05 Å². The molecule has 0 bridgehead atoms. The lowest BCUT2D eigenvalue weighted by atomic mass is 10.6. The van der Waals surface area contributed by atoms with Crippen LogP contribution in [0.5, 0.6) is 0 Å². The van der Waals surface area contributed by atoms with Gasteiger partial charge >= 0.3 is 5.97 Å². The molecule has 54 valence electrons. The number of halogens is 1. The average molecular weight is 144 g/mol. The molecular weight excluding hydrogens is 139 g/mol. The maximum atomic E-state index is 12.2. The largest absolute Gasteiger partial charge is 0.475 e. The summed E-state index contributed by atoms with van der Waals surface area (Å²) in [6.45, 7) is 0. The van der Waals surface area contributed by atoms with Crippen LogP contribution in [0.15, 0.2) is 6.20 Å². The molecule has 1 N–H and O–H groups in total. The fourth-order valence-electron chi connectivity index (χ4n) is 0.629. The molecule has 0 amide bonds. The van der Waals surface area contributed by atoms with Crippen molar-refractivity contribution in [2.24, 2.45) is 7.05 Å². The van der Waals surface area contributed by atoms with E-state index in [1.165, 1.54) is 7.05 Å². The lowest BCUT2D eigenvalue weighted by Gasteiger charge is -1.90. The van der Waals surface area contributed by atoms with Gasteiger partial charge in [-0.05, 0) is 0 Å². The Morgan fingerprint density at radius 1 is 1.90 bits per heavy atom. The number of aromatic carboxylic acids is 1. The molecule has 0 radical (unpaired) electrons. The third-order valence-electron chi connectivity index (χ3n) is 1.04. The van der Waals surface area contributed by atoms with Crippen LogP contribution in [-0.2, 0) is 7.05 Å². The summed E-state index contributed by atoms with van der Waals surface area (Å²) in [5.74, 6) is -2.30. The first kappa shape index (κ1) is 6.73. The number of hydrogen-bond acceptors (Lipinski definition) is 2. The number of carboxylic acids is 1.